The second-order valence-electron chi connectivity index (χ2n) is 12.1. The van der Waals surface area contributed by atoms with Crippen molar-refractivity contribution in [3.63, 3.8) is 0 Å². The number of nitrogens with two attached hydrogens (primary N) is 1. The van der Waals surface area contributed by atoms with Crippen LogP contribution in [0.15, 0.2) is 24.7 Å². The fraction of sp³-hybridized carbons (Fsp3) is 0.607. The third-order valence-corrected chi connectivity index (χ3v) is 7.90. The molecule has 228 valence electrons. The summed E-state index contributed by atoms with van der Waals surface area (Å²) in [5, 5.41) is 10.8. The molecule has 0 spiro atoms. The number of halogens is 2. The van der Waals surface area contributed by atoms with E-state index < -0.39 is 23.6 Å². The molecule has 3 aromatic heterocycles. The van der Waals surface area contributed by atoms with Crippen LogP contribution in [0.2, 0.25) is 0 Å². The number of rotatable bonds is 7. The van der Waals surface area contributed by atoms with Crippen LogP contribution < -0.4 is 11.1 Å². The van der Waals surface area contributed by atoms with Gasteiger partial charge in [0.05, 0.1) is 17.9 Å². The lowest BCUT2D eigenvalue weighted by Crippen LogP contribution is -2.42. The summed E-state index contributed by atoms with van der Waals surface area (Å²) in [5.74, 6) is 0.163. The lowest BCUT2D eigenvalue weighted by atomic mass is 9.93. The number of hydrogen-bond donors (Lipinski definition) is 2. The van der Waals surface area contributed by atoms with Crippen LogP contribution in [-0.2, 0) is 4.74 Å². The smallest absolute Gasteiger partial charge is 0.410 e. The molecule has 5 rings (SSSR count). The average Bonchev–Trinajstić information content (AvgIpc) is 3.56. The van der Waals surface area contributed by atoms with Crippen LogP contribution in [0.25, 0.3) is 5.65 Å². The van der Waals surface area contributed by atoms with Gasteiger partial charge in [0.2, 0.25) is 0 Å². The van der Waals surface area contributed by atoms with E-state index in [0.29, 0.717) is 19.0 Å². The highest BCUT2D eigenvalue weighted by molar-refractivity contribution is 6.08. The first kappa shape index (κ1) is 29.7. The summed E-state index contributed by atoms with van der Waals surface area (Å²) in [6.45, 7) is 9.70. The van der Waals surface area contributed by atoms with Gasteiger partial charge >= 0.3 is 6.09 Å². The minimum Gasteiger partial charge on any atom is -0.444 e. The Balaban J connectivity index is 1.12. The molecule has 2 saturated heterocycles. The van der Waals surface area contributed by atoms with E-state index in [1.54, 1.807) is 21.8 Å². The van der Waals surface area contributed by atoms with Crippen molar-refractivity contribution < 1.29 is 23.1 Å². The minimum absolute atomic E-state index is 0.0293. The van der Waals surface area contributed by atoms with Gasteiger partial charge in [0.1, 0.15) is 17.0 Å². The highest BCUT2D eigenvalue weighted by atomic mass is 19.3. The van der Waals surface area contributed by atoms with E-state index >= 15 is 0 Å². The van der Waals surface area contributed by atoms with Crippen molar-refractivity contribution in [2.45, 2.75) is 70.9 Å². The lowest BCUT2D eigenvalue weighted by Gasteiger charge is -2.36. The van der Waals surface area contributed by atoms with Crippen molar-refractivity contribution in [3.8, 4) is 0 Å². The van der Waals surface area contributed by atoms with Crippen LogP contribution in [-0.4, -0.2) is 84.5 Å². The summed E-state index contributed by atoms with van der Waals surface area (Å²) < 4.78 is 36.2. The Kier molecular flexibility index (Phi) is 8.62. The van der Waals surface area contributed by atoms with Crippen molar-refractivity contribution in [3.05, 3.63) is 35.9 Å². The third kappa shape index (κ3) is 6.97. The van der Waals surface area contributed by atoms with Crippen LogP contribution in [0.4, 0.5) is 25.1 Å². The Morgan fingerprint density at radius 3 is 2.52 bits per heavy atom. The first-order valence-electron chi connectivity index (χ1n) is 14.5. The SMILES string of the molecule is CC(C)(C)OC(=O)N1CCC(CCN2CCC(n3cc(NC(=O)c4cnn5ccc(N)nc45)c(C(F)F)n3)CC2)CC1. The molecule has 42 heavy (non-hydrogen) atoms. The molecular weight excluding hydrogens is 548 g/mol. The Bertz CT molecular complexity index is 1400. The number of aromatic nitrogens is 5. The summed E-state index contributed by atoms with van der Waals surface area (Å²) in [5.41, 5.74) is 5.11. The van der Waals surface area contributed by atoms with Crippen molar-refractivity contribution in [2.75, 3.05) is 43.8 Å². The molecule has 3 N–H and O–H groups in total. The van der Waals surface area contributed by atoms with Gasteiger partial charge in [0.25, 0.3) is 12.3 Å². The van der Waals surface area contributed by atoms with Crippen LogP contribution in [0.3, 0.4) is 0 Å². The zero-order valence-corrected chi connectivity index (χ0v) is 24.3. The normalized spacial score (nSPS) is 17.7. The van der Waals surface area contributed by atoms with Crippen LogP contribution in [0.1, 0.15) is 81.4 Å². The molecular formula is C28H39F2N9O3. The Hall–Kier alpha value is -3.81. The molecule has 0 aromatic carbocycles. The number of amides is 2. The van der Waals surface area contributed by atoms with Crippen LogP contribution in [0, 0.1) is 5.92 Å². The summed E-state index contributed by atoms with van der Waals surface area (Å²) in [7, 11) is 0. The fourth-order valence-corrected chi connectivity index (χ4v) is 5.59. The second kappa shape index (κ2) is 12.2. The van der Waals surface area contributed by atoms with Crippen molar-refractivity contribution in [1.82, 2.24) is 34.2 Å². The highest BCUT2D eigenvalue weighted by Crippen LogP contribution is 2.31. The number of hydrogen-bond acceptors (Lipinski definition) is 8. The number of carbonyl (C=O) groups excluding carboxylic acids is 2. The number of carbonyl (C=O) groups is 2. The first-order valence-corrected chi connectivity index (χ1v) is 14.5. The first-order chi connectivity index (χ1) is 20.0. The maximum Gasteiger partial charge on any atom is 0.410 e. The van der Waals surface area contributed by atoms with Gasteiger partial charge in [0, 0.05) is 38.6 Å². The van der Waals surface area contributed by atoms with Gasteiger partial charge in [-0.05, 0) is 71.4 Å². The summed E-state index contributed by atoms with van der Waals surface area (Å²) in [4.78, 5) is 33.6. The van der Waals surface area contributed by atoms with Gasteiger partial charge in [-0.15, -0.1) is 0 Å². The number of nitrogens with one attached hydrogen (secondary N) is 1. The van der Waals surface area contributed by atoms with E-state index in [1.165, 1.54) is 16.9 Å². The molecule has 14 heteroatoms. The topological polar surface area (TPSA) is 136 Å². The molecule has 2 fully saturated rings. The molecule has 2 amide bonds. The molecule has 0 radical (unpaired) electrons. The molecule has 0 unspecified atom stereocenters. The number of alkyl halides is 2. The lowest BCUT2D eigenvalue weighted by molar-refractivity contribution is 0.0176. The van der Waals surface area contributed by atoms with Crippen molar-refractivity contribution >= 4 is 29.2 Å². The molecule has 0 aliphatic carbocycles. The predicted molar refractivity (Wildman–Crippen MR) is 152 cm³/mol. The Labute approximate surface area is 243 Å². The van der Waals surface area contributed by atoms with E-state index in [9.17, 15) is 18.4 Å². The molecule has 12 nitrogen and oxygen atoms in total. The van der Waals surface area contributed by atoms with E-state index in [1.807, 2.05) is 20.8 Å². The summed E-state index contributed by atoms with van der Waals surface area (Å²) >= 11 is 0. The molecule has 2 aliphatic heterocycles. The minimum atomic E-state index is -2.85. The van der Waals surface area contributed by atoms with Gasteiger partial charge in [-0.2, -0.15) is 10.2 Å². The zero-order valence-electron chi connectivity index (χ0n) is 24.3. The highest BCUT2D eigenvalue weighted by Gasteiger charge is 2.29. The number of piperidine rings is 2. The summed E-state index contributed by atoms with van der Waals surface area (Å²) in [6, 6.07) is 1.50. The number of nitrogen functional groups attached to an aromatic ring is 1. The number of likely N-dealkylation sites (tertiary alicyclic amines) is 2. The summed E-state index contributed by atoms with van der Waals surface area (Å²) in [6.07, 6.45) is 5.83. The van der Waals surface area contributed by atoms with E-state index in [-0.39, 0.29) is 34.9 Å². The van der Waals surface area contributed by atoms with Crippen molar-refractivity contribution in [2.24, 2.45) is 5.92 Å². The third-order valence-electron chi connectivity index (χ3n) is 7.90. The Morgan fingerprint density at radius 1 is 1.14 bits per heavy atom. The van der Waals surface area contributed by atoms with E-state index in [0.717, 1.165) is 51.7 Å². The van der Waals surface area contributed by atoms with Gasteiger partial charge in [-0.25, -0.2) is 23.1 Å². The van der Waals surface area contributed by atoms with Crippen molar-refractivity contribution in [1.29, 1.82) is 0 Å². The number of nitrogens with zero attached hydrogens (tertiary/aromatic N) is 7. The van der Waals surface area contributed by atoms with E-state index in [2.05, 4.69) is 25.4 Å². The van der Waals surface area contributed by atoms with Crippen LogP contribution in [0.5, 0.6) is 0 Å². The maximum atomic E-state index is 13.9. The fourth-order valence-electron chi connectivity index (χ4n) is 5.59. The number of anilines is 2. The molecule has 0 bridgehead atoms. The molecule has 0 atom stereocenters. The second-order valence-corrected chi connectivity index (χ2v) is 12.1. The molecule has 3 aromatic rings. The average molecular weight is 588 g/mol. The molecule has 0 saturated carbocycles. The largest absolute Gasteiger partial charge is 0.444 e. The maximum absolute atomic E-state index is 13.9. The van der Waals surface area contributed by atoms with Gasteiger partial charge in [0.15, 0.2) is 11.3 Å². The van der Waals surface area contributed by atoms with Gasteiger partial charge in [-0.3, -0.25) is 9.48 Å². The molecule has 5 heterocycles. The quantitative estimate of drug-likeness (QED) is 0.416. The zero-order chi connectivity index (χ0) is 30.0. The standard InChI is InChI=1S/C28H39F2N9O3/c1-28(2,3)42-27(41)37-13-5-18(6-14-37)4-10-36-11-7-19(8-12-36)39-17-21(23(35-39)24(29)30)33-26(40)20-16-32-38-15-9-22(31)34-25(20)38/h9,15-19,24H,4-8,10-14H2,1-3H3,(H2,31,34)(H,33,40). The predicted octanol–water partition coefficient (Wildman–Crippen LogP) is 4.37. The van der Waals surface area contributed by atoms with Gasteiger partial charge in [-0.1, -0.05) is 0 Å². The van der Waals surface area contributed by atoms with Crippen LogP contribution >= 0.6 is 0 Å². The Morgan fingerprint density at radius 2 is 1.86 bits per heavy atom. The number of ether oxygens (including phenoxy) is 1. The van der Waals surface area contributed by atoms with E-state index in [4.69, 9.17) is 10.5 Å². The van der Waals surface area contributed by atoms with Gasteiger partial charge < -0.3 is 25.6 Å². The molecule has 2 aliphatic rings. The monoisotopic (exact) mass is 587 g/mol. The number of fused-ring (bicyclic) bond motifs is 1.